The Morgan fingerprint density at radius 2 is 1.92 bits per heavy atom. The number of benzene rings is 2. The van der Waals surface area contributed by atoms with Gasteiger partial charge in [0.25, 0.3) is 11.5 Å². The van der Waals surface area contributed by atoms with Crippen LogP contribution in [0.25, 0.3) is 22.2 Å². The molecule has 0 saturated carbocycles. The SMILES string of the molecule is CCC#Cc1cccc2nc([C@H](C)NC(=O)c3c(N)nn4c(C)ccnc34)n(-c3ccccc3)c(=O)c12. The third kappa shape index (κ3) is 4.19. The van der Waals surface area contributed by atoms with E-state index in [4.69, 9.17) is 10.7 Å². The summed E-state index contributed by atoms with van der Waals surface area (Å²) in [6, 6.07) is 15.7. The number of fused-ring (bicyclic) bond motifs is 2. The quantitative estimate of drug-likeness (QED) is 0.371. The van der Waals surface area contributed by atoms with Gasteiger partial charge in [-0.15, -0.1) is 5.10 Å². The third-order valence-corrected chi connectivity index (χ3v) is 6.03. The first-order valence-electron chi connectivity index (χ1n) is 11.9. The molecule has 0 saturated heterocycles. The zero-order valence-electron chi connectivity index (χ0n) is 20.7. The summed E-state index contributed by atoms with van der Waals surface area (Å²) in [5.41, 5.74) is 8.90. The van der Waals surface area contributed by atoms with Crippen molar-refractivity contribution in [3.05, 3.63) is 93.8 Å². The number of hydrogen-bond acceptors (Lipinski definition) is 6. The van der Waals surface area contributed by atoms with E-state index in [1.54, 1.807) is 25.3 Å². The van der Waals surface area contributed by atoms with Gasteiger partial charge in [-0.3, -0.25) is 14.2 Å². The maximum absolute atomic E-state index is 13.9. The van der Waals surface area contributed by atoms with Gasteiger partial charge in [0.05, 0.1) is 22.6 Å². The minimum absolute atomic E-state index is 0.0672. The van der Waals surface area contributed by atoms with Crippen LogP contribution in [0.15, 0.2) is 65.6 Å². The molecular weight excluding hydrogens is 466 g/mol. The van der Waals surface area contributed by atoms with Crippen molar-refractivity contribution in [1.82, 2.24) is 29.5 Å². The van der Waals surface area contributed by atoms with Crippen LogP contribution >= 0.6 is 0 Å². The summed E-state index contributed by atoms with van der Waals surface area (Å²) in [4.78, 5) is 36.4. The van der Waals surface area contributed by atoms with Crippen LogP contribution in [0.4, 0.5) is 5.82 Å². The van der Waals surface area contributed by atoms with Crippen molar-refractivity contribution in [3.8, 4) is 17.5 Å². The molecule has 3 aromatic heterocycles. The number of para-hydroxylation sites is 1. The highest BCUT2D eigenvalue weighted by molar-refractivity contribution is 6.04. The highest BCUT2D eigenvalue weighted by atomic mass is 16.2. The van der Waals surface area contributed by atoms with E-state index in [1.807, 2.05) is 56.3 Å². The predicted octanol–water partition coefficient (Wildman–Crippen LogP) is 3.57. The Balaban J connectivity index is 1.65. The predicted molar refractivity (Wildman–Crippen MR) is 143 cm³/mol. The Morgan fingerprint density at radius 3 is 2.68 bits per heavy atom. The van der Waals surface area contributed by atoms with Crippen molar-refractivity contribution in [2.75, 3.05) is 5.73 Å². The standard InChI is InChI=1S/C28H25N7O2/c1-4-5-10-19-11-9-14-21-22(19)28(37)34(20-12-7-6-8-13-20)25(32-21)18(3)31-27(36)23-24(29)33-35-17(2)15-16-30-26(23)35/h6-9,11-16,18H,4H2,1-3H3,(H2,29,33)(H,31,36)/t18-/m0/s1. The summed E-state index contributed by atoms with van der Waals surface area (Å²) < 4.78 is 3.05. The topological polar surface area (TPSA) is 120 Å². The molecule has 5 aromatic rings. The number of amides is 1. The van der Waals surface area contributed by atoms with Crippen molar-refractivity contribution < 1.29 is 4.79 Å². The maximum atomic E-state index is 13.9. The number of hydrogen-bond donors (Lipinski definition) is 2. The summed E-state index contributed by atoms with van der Waals surface area (Å²) in [5, 5.41) is 7.63. The number of nitrogen functional groups attached to an aromatic ring is 1. The number of nitrogens with zero attached hydrogens (tertiary/aromatic N) is 5. The van der Waals surface area contributed by atoms with E-state index >= 15 is 0 Å². The van der Waals surface area contributed by atoms with Gasteiger partial charge >= 0.3 is 0 Å². The van der Waals surface area contributed by atoms with Gasteiger partial charge in [-0.25, -0.2) is 14.5 Å². The van der Waals surface area contributed by atoms with Crippen LogP contribution < -0.4 is 16.6 Å². The molecule has 0 aliphatic rings. The summed E-state index contributed by atoms with van der Waals surface area (Å²) in [7, 11) is 0. The molecule has 0 fully saturated rings. The summed E-state index contributed by atoms with van der Waals surface area (Å²) in [6.45, 7) is 5.57. The first-order chi connectivity index (χ1) is 17.9. The van der Waals surface area contributed by atoms with Gasteiger partial charge in [-0.05, 0) is 44.2 Å². The van der Waals surface area contributed by atoms with Gasteiger partial charge in [-0.1, -0.05) is 43.0 Å². The fraction of sp³-hybridized carbons (Fsp3) is 0.179. The highest BCUT2D eigenvalue weighted by Gasteiger charge is 2.25. The van der Waals surface area contributed by atoms with E-state index in [0.717, 1.165) is 5.69 Å². The van der Waals surface area contributed by atoms with Crippen molar-refractivity contribution in [3.63, 3.8) is 0 Å². The van der Waals surface area contributed by atoms with Crippen LogP contribution in [0.5, 0.6) is 0 Å². The fourth-order valence-corrected chi connectivity index (χ4v) is 4.28. The molecule has 5 rings (SSSR count). The lowest BCUT2D eigenvalue weighted by Crippen LogP contribution is -2.33. The molecule has 0 bridgehead atoms. The largest absolute Gasteiger partial charge is 0.381 e. The molecular formula is C28H25N7O2. The summed E-state index contributed by atoms with van der Waals surface area (Å²) >= 11 is 0. The Hall–Kier alpha value is -4.97. The minimum Gasteiger partial charge on any atom is -0.381 e. The van der Waals surface area contributed by atoms with Gasteiger partial charge in [0.15, 0.2) is 11.5 Å². The average Bonchev–Trinajstić information content (AvgIpc) is 3.24. The number of aryl methyl sites for hydroxylation is 1. The maximum Gasteiger partial charge on any atom is 0.267 e. The lowest BCUT2D eigenvalue weighted by Gasteiger charge is -2.20. The normalized spacial score (nSPS) is 11.8. The lowest BCUT2D eigenvalue weighted by atomic mass is 10.1. The number of aromatic nitrogens is 5. The first kappa shape index (κ1) is 23.8. The molecule has 0 aliphatic carbocycles. The Bertz CT molecular complexity index is 1780. The monoisotopic (exact) mass is 491 g/mol. The highest BCUT2D eigenvalue weighted by Crippen LogP contribution is 2.22. The molecule has 9 nitrogen and oxygen atoms in total. The van der Waals surface area contributed by atoms with E-state index in [0.29, 0.717) is 40.0 Å². The van der Waals surface area contributed by atoms with Crippen molar-refractivity contribution in [1.29, 1.82) is 0 Å². The fourth-order valence-electron chi connectivity index (χ4n) is 4.28. The van der Waals surface area contributed by atoms with E-state index in [2.05, 4.69) is 27.2 Å². The molecule has 1 atom stereocenters. The van der Waals surface area contributed by atoms with E-state index in [1.165, 1.54) is 9.08 Å². The van der Waals surface area contributed by atoms with Gasteiger partial charge in [0, 0.05) is 23.9 Å². The zero-order valence-corrected chi connectivity index (χ0v) is 20.7. The smallest absolute Gasteiger partial charge is 0.267 e. The Labute approximate surface area is 213 Å². The molecule has 1 amide bonds. The van der Waals surface area contributed by atoms with Gasteiger partial charge < -0.3 is 11.1 Å². The van der Waals surface area contributed by atoms with E-state index in [-0.39, 0.29) is 16.9 Å². The number of carbonyl (C=O) groups excluding carboxylic acids is 1. The number of carbonyl (C=O) groups is 1. The van der Waals surface area contributed by atoms with Gasteiger partial charge in [-0.2, -0.15) is 0 Å². The van der Waals surface area contributed by atoms with Crippen LogP contribution in [0.2, 0.25) is 0 Å². The molecule has 9 heteroatoms. The van der Waals surface area contributed by atoms with Crippen LogP contribution in [0.3, 0.4) is 0 Å². The van der Waals surface area contributed by atoms with Crippen LogP contribution in [-0.2, 0) is 0 Å². The van der Waals surface area contributed by atoms with Crippen molar-refractivity contribution in [2.45, 2.75) is 33.2 Å². The van der Waals surface area contributed by atoms with E-state index in [9.17, 15) is 9.59 Å². The molecule has 0 aliphatic heterocycles. The molecule has 3 N–H and O–H groups in total. The van der Waals surface area contributed by atoms with Crippen LogP contribution in [-0.4, -0.2) is 30.1 Å². The Kier molecular flexibility index (Phi) is 6.15. The number of nitrogens with two attached hydrogens (primary N) is 1. The number of anilines is 1. The van der Waals surface area contributed by atoms with E-state index < -0.39 is 11.9 Å². The second kappa shape index (κ2) is 9.59. The van der Waals surface area contributed by atoms with Crippen LogP contribution in [0, 0.1) is 18.8 Å². The average molecular weight is 492 g/mol. The Morgan fingerprint density at radius 1 is 1.14 bits per heavy atom. The summed E-state index contributed by atoms with van der Waals surface area (Å²) in [6.07, 6.45) is 2.27. The van der Waals surface area contributed by atoms with Gasteiger partial charge in [0.2, 0.25) is 0 Å². The molecule has 0 unspecified atom stereocenters. The van der Waals surface area contributed by atoms with Crippen molar-refractivity contribution >= 4 is 28.3 Å². The first-order valence-corrected chi connectivity index (χ1v) is 11.9. The second-order valence-corrected chi connectivity index (χ2v) is 8.58. The molecule has 37 heavy (non-hydrogen) atoms. The minimum atomic E-state index is -0.658. The summed E-state index contributed by atoms with van der Waals surface area (Å²) in [5.74, 6) is 6.09. The molecule has 0 radical (unpaired) electrons. The third-order valence-electron chi connectivity index (χ3n) is 6.03. The number of rotatable bonds is 4. The molecule has 3 heterocycles. The van der Waals surface area contributed by atoms with Gasteiger partial charge in [0.1, 0.15) is 11.4 Å². The van der Waals surface area contributed by atoms with Crippen LogP contribution in [0.1, 0.15) is 53.7 Å². The van der Waals surface area contributed by atoms with Crippen molar-refractivity contribution in [2.24, 2.45) is 0 Å². The second-order valence-electron chi connectivity index (χ2n) is 8.58. The lowest BCUT2D eigenvalue weighted by molar-refractivity contribution is 0.0940. The molecule has 184 valence electrons. The molecule has 0 spiro atoms. The zero-order chi connectivity index (χ0) is 26.1. The molecule has 2 aromatic carbocycles. The number of nitrogens with one attached hydrogen (secondary N) is 1.